The third-order valence-electron chi connectivity index (χ3n) is 4.00. The topological polar surface area (TPSA) is 42.0 Å². The Bertz CT molecular complexity index is 706. The van der Waals surface area contributed by atoms with Crippen LogP contribution in [0.4, 0.5) is 5.69 Å². The molecule has 3 nitrogen and oxygen atoms in total. The van der Waals surface area contributed by atoms with Crippen molar-refractivity contribution in [2.75, 3.05) is 5.32 Å². The smallest absolute Gasteiger partial charge is 0.233 e. The van der Waals surface area contributed by atoms with E-state index in [0.29, 0.717) is 6.42 Å². The van der Waals surface area contributed by atoms with Crippen LogP contribution in [-0.4, -0.2) is 15.2 Å². The molecular weight excluding hydrogens is 351 g/mol. The molecule has 1 heterocycles. The van der Waals surface area contributed by atoms with Crippen LogP contribution < -0.4 is 5.32 Å². The van der Waals surface area contributed by atoms with Crippen LogP contribution in [0.5, 0.6) is 0 Å². The highest BCUT2D eigenvalue weighted by molar-refractivity contribution is 7.98. The summed E-state index contributed by atoms with van der Waals surface area (Å²) < 4.78 is -0.948. The molecule has 1 N–H and O–H groups in total. The number of thioether (sulfide) groups is 1. The standard InChI is InChI=1S/C17H16Cl2N2OS/c1-16(11-17(16,18)19)15(22)21-13-4-6-14(7-5-13)23-10-12-3-2-8-20-9-12/h2-9H,10-11H2,1H3,(H,21,22). The van der Waals surface area contributed by atoms with Crippen molar-refractivity contribution in [3.05, 3.63) is 54.4 Å². The van der Waals surface area contributed by atoms with Crippen molar-refractivity contribution < 1.29 is 4.79 Å². The van der Waals surface area contributed by atoms with E-state index in [-0.39, 0.29) is 5.91 Å². The van der Waals surface area contributed by atoms with Gasteiger partial charge in [-0.2, -0.15) is 0 Å². The van der Waals surface area contributed by atoms with Crippen LogP contribution in [0.25, 0.3) is 0 Å². The lowest BCUT2D eigenvalue weighted by Crippen LogP contribution is -2.25. The number of halogens is 2. The summed E-state index contributed by atoms with van der Waals surface area (Å²) in [6, 6.07) is 11.7. The van der Waals surface area contributed by atoms with Gasteiger partial charge in [0.15, 0.2) is 0 Å². The van der Waals surface area contributed by atoms with Gasteiger partial charge in [-0.05, 0) is 49.2 Å². The summed E-state index contributed by atoms with van der Waals surface area (Å²) in [5, 5.41) is 2.87. The van der Waals surface area contributed by atoms with Crippen LogP contribution in [0.3, 0.4) is 0 Å². The molecule has 1 aliphatic carbocycles. The molecule has 1 aliphatic rings. The summed E-state index contributed by atoms with van der Waals surface area (Å²) in [5.74, 6) is 0.719. The molecule has 0 bridgehead atoms. The number of nitrogens with zero attached hydrogens (tertiary/aromatic N) is 1. The highest BCUT2D eigenvalue weighted by Crippen LogP contribution is 2.64. The average Bonchev–Trinajstić information content (AvgIpc) is 3.07. The maximum absolute atomic E-state index is 12.2. The maximum Gasteiger partial charge on any atom is 0.233 e. The number of carbonyl (C=O) groups is 1. The molecule has 1 amide bonds. The van der Waals surface area contributed by atoms with Crippen molar-refractivity contribution >= 4 is 46.6 Å². The zero-order valence-corrected chi connectivity index (χ0v) is 14.9. The lowest BCUT2D eigenvalue weighted by atomic mass is 10.1. The third kappa shape index (κ3) is 3.65. The summed E-state index contributed by atoms with van der Waals surface area (Å²) in [6.07, 6.45) is 4.11. The van der Waals surface area contributed by atoms with Gasteiger partial charge in [-0.1, -0.05) is 6.07 Å². The van der Waals surface area contributed by atoms with Gasteiger partial charge in [0, 0.05) is 28.7 Å². The van der Waals surface area contributed by atoms with Crippen LogP contribution in [0.15, 0.2) is 53.7 Å². The molecule has 1 aromatic carbocycles. The summed E-state index contributed by atoms with van der Waals surface area (Å²) >= 11 is 13.8. The number of nitrogens with one attached hydrogen (secondary N) is 1. The second-order valence-corrected chi connectivity index (χ2v) is 8.37. The fraction of sp³-hybridized carbons (Fsp3) is 0.294. The number of carbonyl (C=O) groups excluding carboxylic acids is 1. The van der Waals surface area contributed by atoms with E-state index in [1.54, 1.807) is 24.9 Å². The summed E-state index contributed by atoms with van der Waals surface area (Å²) in [7, 11) is 0. The van der Waals surface area contributed by atoms with Gasteiger partial charge in [-0.15, -0.1) is 35.0 Å². The van der Waals surface area contributed by atoms with Gasteiger partial charge in [-0.3, -0.25) is 9.78 Å². The first-order chi connectivity index (χ1) is 10.9. The van der Waals surface area contributed by atoms with E-state index >= 15 is 0 Å². The molecule has 1 aromatic heterocycles. The SMILES string of the molecule is CC1(C(=O)Nc2ccc(SCc3cccnc3)cc2)CC1(Cl)Cl. The molecule has 23 heavy (non-hydrogen) atoms. The lowest BCUT2D eigenvalue weighted by molar-refractivity contribution is -0.120. The Kier molecular flexibility index (Phi) is 4.59. The molecule has 0 radical (unpaired) electrons. The molecular formula is C17H16Cl2N2OS. The molecule has 1 saturated carbocycles. The number of amides is 1. The Morgan fingerprint density at radius 2 is 2.00 bits per heavy atom. The molecule has 1 unspecified atom stereocenters. The minimum atomic E-state index is -0.948. The van der Waals surface area contributed by atoms with E-state index in [1.165, 1.54) is 5.56 Å². The van der Waals surface area contributed by atoms with Crippen LogP contribution in [0.2, 0.25) is 0 Å². The second kappa shape index (κ2) is 6.34. The van der Waals surface area contributed by atoms with Crippen LogP contribution in [-0.2, 0) is 10.5 Å². The number of benzene rings is 1. The fourth-order valence-electron chi connectivity index (χ4n) is 2.20. The molecule has 0 aliphatic heterocycles. The predicted octanol–water partition coefficient (Wildman–Crippen LogP) is 4.90. The quantitative estimate of drug-likeness (QED) is 0.604. The zero-order valence-electron chi connectivity index (χ0n) is 12.6. The Balaban J connectivity index is 1.56. The number of anilines is 1. The molecule has 6 heteroatoms. The van der Waals surface area contributed by atoms with Gasteiger partial charge in [0.25, 0.3) is 0 Å². The minimum absolute atomic E-state index is 0.140. The van der Waals surface area contributed by atoms with Crippen molar-refractivity contribution in [3.8, 4) is 0 Å². The van der Waals surface area contributed by atoms with Crippen molar-refractivity contribution in [3.63, 3.8) is 0 Å². The summed E-state index contributed by atoms with van der Waals surface area (Å²) in [5.41, 5.74) is 1.22. The van der Waals surface area contributed by atoms with E-state index in [2.05, 4.69) is 16.4 Å². The van der Waals surface area contributed by atoms with E-state index < -0.39 is 9.75 Å². The maximum atomic E-state index is 12.2. The molecule has 0 saturated heterocycles. The Morgan fingerprint density at radius 1 is 1.30 bits per heavy atom. The highest BCUT2D eigenvalue weighted by Gasteiger charge is 2.67. The highest BCUT2D eigenvalue weighted by atomic mass is 35.5. The van der Waals surface area contributed by atoms with E-state index in [4.69, 9.17) is 23.2 Å². The van der Waals surface area contributed by atoms with Crippen molar-refractivity contribution in [2.45, 2.75) is 28.3 Å². The lowest BCUT2D eigenvalue weighted by Gasteiger charge is -2.13. The number of aromatic nitrogens is 1. The van der Waals surface area contributed by atoms with Gasteiger partial charge in [0.2, 0.25) is 5.91 Å². The normalized spacial score (nSPS) is 21.7. The Morgan fingerprint density at radius 3 is 2.57 bits per heavy atom. The summed E-state index contributed by atoms with van der Waals surface area (Å²) in [4.78, 5) is 17.5. The van der Waals surface area contributed by atoms with Crippen molar-refractivity contribution in [2.24, 2.45) is 5.41 Å². The van der Waals surface area contributed by atoms with Crippen molar-refractivity contribution in [1.82, 2.24) is 4.98 Å². The average molecular weight is 367 g/mol. The molecule has 0 spiro atoms. The summed E-state index contributed by atoms with van der Waals surface area (Å²) in [6.45, 7) is 1.78. The van der Waals surface area contributed by atoms with Gasteiger partial charge in [0.1, 0.15) is 4.33 Å². The number of hydrogen-bond donors (Lipinski definition) is 1. The van der Waals surface area contributed by atoms with Crippen LogP contribution in [0.1, 0.15) is 18.9 Å². The molecule has 1 atom stereocenters. The Hall–Kier alpha value is -1.23. The number of rotatable bonds is 5. The van der Waals surface area contributed by atoms with E-state index in [1.807, 2.05) is 36.5 Å². The monoisotopic (exact) mass is 366 g/mol. The molecule has 3 rings (SSSR count). The first-order valence-electron chi connectivity index (χ1n) is 7.22. The number of hydrogen-bond acceptors (Lipinski definition) is 3. The van der Waals surface area contributed by atoms with Gasteiger partial charge >= 0.3 is 0 Å². The molecule has 1 fully saturated rings. The van der Waals surface area contributed by atoms with Crippen LogP contribution in [0, 0.1) is 5.41 Å². The minimum Gasteiger partial charge on any atom is -0.326 e. The van der Waals surface area contributed by atoms with Crippen molar-refractivity contribution in [1.29, 1.82) is 0 Å². The largest absolute Gasteiger partial charge is 0.326 e. The zero-order chi connectivity index (χ0) is 16.5. The van der Waals surface area contributed by atoms with Gasteiger partial charge in [0.05, 0.1) is 5.41 Å². The van der Waals surface area contributed by atoms with E-state index in [9.17, 15) is 4.79 Å². The number of pyridine rings is 1. The van der Waals surface area contributed by atoms with Gasteiger partial charge in [-0.25, -0.2) is 0 Å². The predicted molar refractivity (Wildman–Crippen MR) is 96.0 cm³/mol. The van der Waals surface area contributed by atoms with Gasteiger partial charge < -0.3 is 5.32 Å². The van der Waals surface area contributed by atoms with E-state index in [0.717, 1.165) is 16.3 Å². The molecule has 120 valence electrons. The Labute approximate surface area is 149 Å². The fourth-order valence-corrected chi connectivity index (χ4v) is 3.74. The third-order valence-corrected chi connectivity index (χ3v) is 6.18. The number of alkyl halides is 2. The first-order valence-corrected chi connectivity index (χ1v) is 8.96. The first kappa shape index (κ1) is 16.6. The molecule has 2 aromatic rings. The van der Waals surface area contributed by atoms with Crippen LogP contribution >= 0.6 is 35.0 Å². The second-order valence-electron chi connectivity index (χ2n) is 5.84.